The zero-order valence-corrected chi connectivity index (χ0v) is 13.1. The zero-order chi connectivity index (χ0) is 17.1. The minimum absolute atomic E-state index is 0.314. The minimum Gasteiger partial charge on any atom is -0.240 e. The molecular formula is C19H15F2N3. The summed E-state index contributed by atoms with van der Waals surface area (Å²) >= 11 is 0. The van der Waals surface area contributed by atoms with E-state index in [1.54, 1.807) is 28.9 Å². The van der Waals surface area contributed by atoms with Gasteiger partial charge in [0, 0.05) is 11.1 Å². The molecule has 0 N–H and O–H groups in total. The number of allylic oxidation sites excluding steroid dienone is 1. The Hall–Kier alpha value is -3.04. The highest BCUT2D eigenvalue weighted by molar-refractivity contribution is 5.61. The first kappa shape index (κ1) is 15.8. The molecule has 3 rings (SSSR count). The average Bonchev–Trinajstić information content (AvgIpc) is 3.00. The number of halogens is 2. The largest absolute Gasteiger partial charge is 0.240 e. The summed E-state index contributed by atoms with van der Waals surface area (Å²) in [7, 11) is 0. The molecule has 0 radical (unpaired) electrons. The standard InChI is InChI=1S/C19H15F2N3/c1-3-13(2)12-24-19(15-6-10-17(21)11-7-15)22-18(23-24)14-4-8-16(20)9-5-14/h4-11H,1,12H2,2H3. The number of hydrogen-bond donors (Lipinski definition) is 0. The van der Waals surface area contributed by atoms with E-state index >= 15 is 0 Å². The van der Waals surface area contributed by atoms with Gasteiger partial charge in [0.1, 0.15) is 11.6 Å². The molecule has 1 heterocycles. The highest BCUT2D eigenvalue weighted by Gasteiger charge is 2.14. The first-order chi connectivity index (χ1) is 11.6. The second kappa shape index (κ2) is 6.60. The normalized spacial score (nSPS) is 10.5. The molecule has 0 spiro atoms. The van der Waals surface area contributed by atoms with Crippen molar-refractivity contribution < 1.29 is 8.78 Å². The van der Waals surface area contributed by atoms with Crippen LogP contribution in [-0.4, -0.2) is 14.8 Å². The lowest BCUT2D eigenvalue weighted by molar-refractivity contribution is 0.627. The van der Waals surface area contributed by atoms with Crippen LogP contribution in [-0.2, 0) is 6.54 Å². The third-order valence-corrected chi connectivity index (χ3v) is 3.57. The SMILES string of the molecule is C=C=C(C)Cn1nc(-c2ccc(F)cc2)nc1-c1ccc(F)cc1. The molecule has 3 nitrogen and oxygen atoms in total. The van der Waals surface area contributed by atoms with Gasteiger partial charge in [0.2, 0.25) is 0 Å². The van der Waals surface area contributed by atoms with Crippen LogP contribution in [0, 0.1) is 11.6 Å². The van der Waals surface area contributed by atoms with E-state index in [4.69, 9.17) is 0 Å². The predicted molar refractivity (Wildman–Crippen MR) is 89.1 cm³/mol. The highest BCUT2D eigenvalue weighted by atomic mass is 19.1. The molecule has 0 fully saturated rings. The Bertz CT molecular complexity index is 903. The summed E-state index contributed by atoms with van der Waals surface area (Å²) in [6.07, 6.45) is 0. The molecule has 0 aliphatic carbocycles. The van der Waals surface area contributed by atoms with Gasteiger partial charge < -0.3 is 0 Å². The van der Waals surface area contributed by atoms with Gasteiger partial charge in [-0.3, -0.25) is 0 Å². The van der Waals surface area contributed by atoms with Gasteiger partial charge in [-0.05, 0) is 61.0 Å². The molecule has 0 saturated heterocycles. The molecule has 0 bridgehead atoms. The Morgan fingerprint density at radius 1 is 1.00 bits per heavy atom. The van der Waals surface area contributed by atoms with Gasteiger partial charge in [0.05, 0.1) is 6.54 Å². The molecule has 24 heavy (non-hydrogen) atoms. The molecule has 0 aliphatic heterocycles. The molecule has 0 aliphatic rings. The molecule has 1 aromatic heterocycles. The fraction of sp³-hybridized carbons (Fsp3) is 0.105. The van der Waals surface area contributed by atoms with Crippen LogP contribution in [0.3, 0.4) is 0 Å². The Labute approximate surface area is 138 Å². The topological polar surface area (TPSA) is 30.7 Å². The summed E-state index contributed by atoms with van der Waals surface area (Å²) < 4.78 is 28.0. The van der Waals surface area contributed by atoms with Crippen LogP contribution in [0.15, 0.2) is 66.4 Å². The van der Waals surface area contributed by atoms with E-state index in [2.05, 4.69) is 22.4 Å². The van der Waals surface area contributed by atoms with E-state index in [0.29, 0.717) is 23.8 Å². The van der Waals surface area contributed by atoms with E-state index in [1.807, 2.05) is 6.92 Å². The van der Waals surface area contributed by atoms with Gasteiger partial charge in [-0.25, -0.2) is 18.4 Å². The van der Waals surface area contributed by atoms with Crippen molar-refractivity contribution in [1.82, 2.24) is 14.8 Å². The third kappa shape index (κ3) is 3.31. The van der Waals surface area contributed by atoms with Crippen molar-refractivity contribution >= 4 is 0 Å². The van der Waals surface area contributed by atoms with Crippen molar-refractivity contribution in [2.24, 2.45) is 0 Å². The Morgan fingerprint density at radius 2 is 1.54 bits per heavy atom. The van der Waals surface area contributed by atoms with Gasteiger partial charge in [-0.1, -0.05) is 6.58 Å². The van der Waals surface area contributed by atoms with Crippen LogP contribution >= 0.6 is 0 Å². The Kier molecular flexibility index (Phi) is 4.36. The van der Waals surface area contributed by atoms with Crippen molar-refractivity contribution in [1.29, 1.82) is 0 Å². The van der Waals surface area contributed by atoms with Crippen molar-refractivity contribution in [2.45, 2.75) is 13.5 Å². The van der Waals surface area contributed by atoms with Gasteiger partial charge in [0.15, 0.2) is 11.6 Å². The summed E-state index contributed by atoms with van der Waals surface area (Å²) in [5, 5.41) is 4.50. The summed E-state index contributed by atoms with van der Waals surface area (Å²) in [5.41, 5.74) is 5.18. The molecule has 0 saturated carbocycles. The van der Waals surface area contributed by atoms with Crippen LogP contribution in [0.1, 0.15) is 6.92 Å². The number of nitrogens with zero attached hydrogens (tertiary/aromatic N) is 3. The third-order valence-electron chi connectivity index (χ3n) is 3.57. The summed E-state index contributed by atoms with van der Waals surface area (Å²) in [6.45, 7) is 5.98. The molecular weight excluding hydrogens is 308 g/mol. The van der Waals surface area contributed by atoms with Crippen LogP contribution in [0.4, 0.5) is 8.78 Å². The van der Waals surface area contributed by atoms with Gasteiger partial charge in [-0.15, -0.1) is 5.73 Å². The number of hydrogen-bond acceptors (Lipinski definition) is 2. The lowest BCUT2D eigenvalue weighted by atomic mass is 10.2. The molecule has 0 atom stereocenters. The van der Waals surface area contributed by atoms with Crippen molar-refractivity contribution in [2.75, 3.05) is 0 Å². The quantitative estimate of drug-likeness (QED) is 0.656. The Balaban J connectivity index is 2.09. The van der Waals surface area contributed by atoms with Crippen molar-refractivity contribution in [3.63, 3.8) is 0 Å². The molecule has 120 valence electrons. The fourth-order valence-corrected chi connectivity index (χ4v) is 2.27. The van der Waals surface area contributed by atoms with E-state index in [-0.39, 0.29) is 11.6 Å². The number of aromatic nitrogens is 3. The van der Waals surface area contributed by atoms with Crippen LogP contribution in [0.2, 0.25) is 0 Å². The lowest BCUT2D eigenvalue weighted by Crippen LogP contribution is -2.03. The molecule has 2 aromatic carbocycles. The second-order valence-electron chi connectivity index (χ2n) is 5.39. The highest BCUT2D eigenvalue weighted by Crippen LogP contribution is 2.23. The monoisotopic (exact) mass is 323 g/mol. The maximum absolute atomic E-state index is 13.2. The van der Waals surface area contributed by atoms with E-state index < -0.39 is 0 Å². The zero-order valence-electron chi connectivity index (χ0n) is 13.1. The van der Waals surface area contributed by atoms with Crippen LogP contribution in [0.5, 0.6) is 0 Å². The second-order valence-corrected chi connectivity index (χ2v) is 5.39. The smallest absolute Gasteiger partial charge is 0.181 e. The van der Waals surface area contributed by atoms with Gasteiger partial charge >= 0.3 is 0 Å². The van der Waals surface area contributed by atoms with Crippen molar-refractivity contribution in [3.8, 4) is 22.8 Å². The molecule has 5 heteroatoms. The maximum atomic E-state index is 13.2. The van der Waals surface area contributed by atoms with Crippen LogP contribution in [0.25, 0.3) is 22.8 Å². The summed E-state index contributed by atoms with van der Waals surface area (Å²) in [5.74, 6) is 0.447. The van der Waals surface area contributed by atoms with Crippen molar-refractivity contribution in [3.05, 3.63) is 78.0 Å². The lowest BCUT2D eigenvalue weighted by Gasteiger charge is -2.05. The van der Waals surface area contributed by atoms with E-state index in [1.165, 1.54) is 24.3 Å². The fourth-order valence-electron chi connectivity index (χ4n) is 2.27. The number of rotatable bonds is 4. The Morgan fingerprint density at radius 3 is 2.08 bits per heavy atom. The minimum atomic E-state index is -0.317. The molecule has 0 amide bonds. The molecule has 3 aromatic rings. The average molecular weight is 323 g/mol. The van der Waals surface area contributed by atoms with Crippen LogP contribution < -0.4 is 0 Å². The molecule has 0 unspecified atom stereocenters. The van der Waals surface area contributed by atoms with E-state index in [9.17, 15) is 8.78 Å². The first-order valence-corrected chi connectivity index (χ1v) is 7.39. The predicted octanol–water partition coefficient (Wildman–Crippen LogP) is 4.62. The maximum Gasteiger partial charge on any atom is 0.181 e. The van der Waals surface area contributed by atoms with Gasteiger partial charge in [-0.2, -0.15) is 5.10 Å². The number of benzene rings is 2. The van der Waals surface area contributed by atoms with Gasteiger partial charge in [0.25, 0.3) is 0 Å². The summed E-state index contributed by atoms with van der Waals surface area (Å²) in [4.78, 5) is 4.54. The summed E-state index contributed by atoms with van der Waals surface area (Å²) in [6, 6.07) is 12.0. The first-order valence-electron chi connectivity index (χ1n) is 7.39. The van der Waals surface area contributed by atoms with E-state index in [0.717, 1.165) is 11.1 Å².